The predicted octanol–water partition coefficient (Wildman–Crippen LogP) is 2.88. The summed E-state index contributed by atoms with van der Waals surface area (Å²) in [5, 5.41) is 5.46. The Morgan fingerprint density at radius 3 is 2.46 bits per heavy atom. The van der Waals surface area contributed by atoms with Gasteiger partial charge in [0.2, 0.25) is 5.91 Å². The molecule has 1 aromatic carbocycles. The molecule has 2 rings (SSSR count). The molecule has 0 aliphatic rings. The van der Waals surface area contributed by atoms with Crippen LogP contribution in [0.4, 0.5) is 4.39 Å². The Morgan fingerprint density at radius 2 is 1.88 bits per heavy atom. The molecule has 1 aromatic heterocycles. The summed E-state index contributed by atoms with van der Waals surface area (Å²) >= 11 is 0. The maximum absolute atomic E-state index is 12.9. The van der Waals surface area contributed by atoms with Crippen LogP contribution in [0.2, 0.25) is 0 Å². The molecule has 2 aromatic rings. The van der Waals surface area contributed by atoms with Crippen LogP contribution in [0.3, 0.4) is 0 Å². The summed E-state index contributed by atoms with van der Waals surface area (Å²) in [6.07, 6.45) is 2.03. The molecule has 0 saturated heterocycles. The van der Waals surface area contributed by atoms with Gasteiger partial charge >= 0.3 is 0 Å². The summed E-state index contributed by atoms with van der Waals surface area (Å²) in [6.45, 7) is 4.20. The molecule has 0 spiro atoms. The zero-order valence-electron chi connectivity index (χ0n) is 13.7. The third-order valence-corrected chi connectivity index (χ3v) is 3.45. The normalized spacial score (nSPS) is 12.0. The molecule has 0 unspecified atom stereocenters. The van der Waals surface area contributed by atoms with Gasteiger partial charge in [0, 0.05) is 5.56 Å². The molecule has 0 saturated carbocycles. The second-order valence-electron chi connectivity index (χ2n) is 5.96. The summed E-state index contributed by atoms with van der Waals surface area (Å²) in [5.74, 6) is -0.250. The van der Waals surface area contributed by atoms with E-state index in [0.29, 0.717) is 17.7 Å². The maximum Gasteiger partial charge on any atom is 0.251 e. The van der Waals surface area contributed by atoms with Gasteiger partial charge in [0.25, 0.3) is 5.91 Å². The van der Waals surface area contributed by atoms with Gasteiger partial charge in [-0.1, -0.05) is 13.8 Å². The smallest absolute Gasteiger partial charge is 0.251 e. The predicted molar refractivity (Wildman–Crippen MR) is 87.7 cm³/mol. The Morgan fingerprint density at radius 1 is 1.17 bits per heavy atom. The van der Waals surface area contributed by atoms with Crippen molar-refractivity contribution in [2.75, 3.05) is 0 Å². The van der Waals surface area contributed by atoms with E-state index in [0.717, 1.165) is 0 Å². The second kappa shape index (κ2) is 8.29. The van der Waals surface area contributed by atoms with Crippen LogP contribution < -0.4 is 10.6 Å². The van der Waals surface area contributed by atoms with Crippen LogP contribution >= 0.6 is 0 Å². The highest BCUT2D eigenvalue weighted by atomic mass is 19.1. The number of furan rings is 1. The van der Waals surface area contributed by atoms with Crippen molar-refractivity contribution in [3.8, 4) is 0 Å². The first-order valence-corrected chi connectivity index (χ1v) is 7.82. The minimum Gasteiger partial charge on any atom is -0.467 e. The summed E-state index contributed by atoms with van der Waals surface area (Å²) in [5.41, 5.74) is 0.309. The van der Waals surface area contributed by atoms with E-state index in [1.807, 2.05) is 13.8 Å². The molecule has 6 heteroatoms. The summed E-state index contributed by atoms with van der Waals surface area (Å²) in [6, 6.07) is 8.03. The first kappa shape index (κ1) is 17.7. The molecule has 0 aliphatic carbocycles. The first-order chi connectivity index (χ1) is 11.5. The fourth-order valence-electron chi connectivity index (χ4n) is 2.26. The molecule has 2 amide bonds. The number of rotatable bonds is 7. The Hall–Kier alpha value is -2.63. The first-order valence-electron chi connectivity index (χ1n) is 7.82. The number of hydrogen-bond donors (Lipinski definition) is 2. The van der Waals surface area contributed by atoms with Gasteiger partial charge in [-0.2, -0.15) is 0 Å². The molecule has 0 fully saturated rings. The number of carbonyl (C=O) groups is 2. The monoisotopic (exact) mass is 332 g/mol. The topological polar surface area (TPSA) is 71.3 Å². The van der Waals surface area contributed by atoms with E-state index < -0.39 is 17.8 Å². The number of carbonyl (C=O) groups excluding carboxylic acids is 2. The zero-order chi connectivity index (χ0) is 17.5. The Kier molecular flexibility index (Phi) is 6.12. The van der Waals surface area contributed by atoms with Crippen LogP contribution in [-0.2, 0) is 11.3 Å². The molecule has 24 heavy (non-hydrogen) atoms. The minimum atomic E-state index is -0.669. The highest BCUT2D eigenvalue weighted by molar-refractivity contribution is 5.97. The van der Waals surface area contributed by atoms with Gasteiger partial charge in [-0.3, -0.25) is 9.59 Å². The van der Waals surface area contributed by atoms with Gasteiger partial charge in [0.1, 0.15) is 17.6 Å². The Labute approximate surface area is 140 Å². The number of nitrogens with one attached hydrogen (secondary N) is 2. The lowest BCUT2D eigenvalue weighted by Crippen LogP contribution is -2.47. The van der Waals surface area contributed by atoms with Crippen LogP contribution in [0.1, 0.15) is 36.4 Å². The third kappa shape index (κ3) is 5.22. The van der Waals surface area contributed by atoms with Gasteiger partial charge in [-0.05, 0) is 48.7 Å². The molecule has 0 aliphatic heterocycles. The average molecular weight is 332 g/mol. The largest absolute Gasteiger partial charge is 0.467 e. The standard InChI is InChI=1S/C18H21FN2O3/c1-12(2)10-16(18(23)20-11-15-4-3-9-24-15)21-17(22)13-5-7-14(19)8-6-13/h3-9,12,16H,10-11H2,1-2H3,(H,20,23)(H,21,22)/t16-/m0/s1. The van der Waals surface area contributed by atoms with Gasteiger partial charge in [0.05, 0.1) is 12.8 Å². The summed E-state index contributed by atoms with van der Waals surface area (Å²) in [7, 11) is 0. The van der Waals surface area contributed by atoms with Gasteiger partial charge in [0.15, 0.2) is 0 Å². The quantitative estimate of drug-likeness (QED) is 0.819. The van der Waals surface area contributed by atoms with Gasteiger partial charge in [-0.15, -0.1) is 0 Å². The van der Waals surface area contributed by atoms with E-state index in [2.05, 4.69) is 10.6 Å². The lowest BCUT2D eigenvalue weighted by atomic mass is 10.0. The van der Waals surface area contributed by atoms with Crippen molar-refractivity contribution >= 4 is 11.8 Å². The Balaban J connectivity index is 1.99. The van der Waals surface area contributed by atoms with E-state index in [4.69, 9.17) is 4.42 Å². The van der Waals surface area contributed by atoms with Crippen LogP contribution in [0.15, 0.2) is 47.1 Å². The average Bonchev–Trinajstić information content (AvgIpc) is 3.05. The molecular formula is C18H21FN2O3. The summed E-state index contributed by atoms with van der Waals surface area (Å²) < 4.78 is 18.1. The third-order valence-electron chi connectivity index (χ3n) is 3.45. The number of amides is 2. The number of benzene rings is 1. The van der Waals surface area contributed by atoms with Crippen LogP contribution in [0, 0.1) is 11.7 Å². The van der Waals surface area contributed by atoms with E-state index in [1.54, 1.807) is 12.1 Å². The summed E-state index contributed by atoms with van der Waals surface area (Å²) in [4.78, 5) is 24.6. The molecule has 128 valence electrons. The highest BCUT2D eigenvalue weighted by Gasteiger charge is 2.22. The fraction of sp³-hybridized carbons (Fsp3) is 0.333. The van der Waals surface area contributed by atoms with Gasteiger partial charge < -0.3 is 15.1 Å². The lowest BCUT2D eigenvalue weighted by molar-refractivity contribution is -0.123. The zero-order valence-corrected chi connectivity index (χ0v) is 13.7. The van der Waals surface area contributed by atoms with Crippen LogP contribution in [-0.4, -0.2) is 17.9 Å². The number of hydrogen-bond acceptors (Lipinski definition) is 3. The molecular weight excluding hydrogens is 311 g/mol. The van der Waals surface area contributed by atoms with Crippen LogP contribution in [0.5, 0.6) is 0 Å². The van der Waals surface area contributed by atoms with E-state index >= 15 is 0 Å². The Bertz CT molecular complexity index is 666. The molecule has 1 heterocycles. The van der Waals surface area contributed by atoms with Gasteiger partial charge in [-0.25, -0.2) is 4.39 Å². The number of halogens is 1. The highest BCUT2D eigenvalue weighted by Crippen LogP contribution is 2.08. The fourth-order valence-corrected chi connectivity index (χ4v) is 2.26. The van der Waals surface area contributed by atoms with Crippen molar-refractivity contribution in [2.24, 2.45) is 5.92 Å². The maximum atomic E-state index is 12.9. The van der Waals surface area contributed by atoms with E-state index in [1.165, 1.54) is 30.5 Å². The molecule has 5 nitrogen and oxygen atoms in total. The molecule has 0 bridgehead atoms. The van der Waals surface area contributed by atoms with Crippen molar-refractivity contribution in [1.29, 1.82) is 0 Å². The molecule has 1 atom stereocenters. The van der Waals surface area contributed by atoms with Crippen molar-refractivity contribution < 1.29 is 18.4 Å². The molecule has 2 N–H and O–H groups in total. The van der Waals surface area contributed by atoms with E-state index in [-0.39, 0.29) is 18.4 Å². The second-order valence-corrected chi connectivity index (χ2v) is 5.96. The van der Waals surface area contributed by atoms with Crippen LogP contribution in [0.25, 0.3) is 0 Å². The lowest BCUT2D eigenvalue weighted by Gasteiger charge is -2.20. The van der Waals surface area contributed by atoms with E-state index in [9.17, 15) is 14.0 Å². The minimum absolute atomic E-state index is 0.220. The van der Waals surface area contributed by atoms with Crippen molar-refractivity contribution in [3.05, 3.63) is 59.8 Å². The van der Waals surface area contributed by atoms with Crippen molar-refractivity contribution in [2.45, 2.75) is 32.9 Å². The van der Waals surface area contributed by atoms with Crippen molar-refractivity contribution in [1.82, 2.24) is 10.6 Å². The van der Waals surface area contributed by atoms with Crippen molar-refractivity contribution in [3.63, 3.8) is 0 Å². The molecule has 0 radical (unpaired) electrons. The SMILES string of the molecule is CC(C)C[C@H](NC(=O)c1ccc(F)cc1)C(=O)NCc1ccco1.